The van der Waals surface area contributed by atoms with Crippen LogP contribution in [0.15, 0.2) is 29.2 Å². The van der Waals surface area contributed by atoms with E-state index in [2.05, 4.69) is 4.72 Å². The van der Waals surface area contributed by atoms with Crippen molar-refractivity contribution in [1.82, 2.24) is 0 Å². The molecule has 6 nitrogen and oxygen atoms in total. The first-order chi connectivity index (χ1) is 11.1. The number of non-ortho nitro benzene ring substituents is 1. The second-order valence-electron chi connectivity index (χ2n) is 5.86. The van der Waals surface area contributed by atoms with Crippen molar-refractivity contribution in [3.05, 3.63) is 62.2 Å². The Hall–Kier alpha value is -2.41. The highest BCUT2D eigenvalue weighted by Gasteiger charge is 2.20. The molecule has 0 amide bonds. The largest absolute Gasteiger partial charge is 0.279 e. The van der Waals surface area contributed by atoms with Crippen molar-refractivity contribution >= 4 is 21.4 Å². The number of hydrogen-bond donors (Lipinski definition) is 1. The van der Waals surface area contributed by atoms with Gasteiger partial charge in [-0.2, -0.15) is 0 Å². The Bertz CT molecular complexity index is 888. The van der Waals surface area contributed by atoms with E-state index < -0.39 is 14.9 Å². The fourth-order valence-electron chi connectivity index (χ4n) is 2.59. The smallest absolute Gasteiger partial charge is 0.269 e. The molecule has 0 radical (unpaired) electrons. The molecular weight excluding hydrogens is 328 g/mol. The number of nitro groups is 1. The summed E-state index contributed by atoms with van der Waals surface area (Å²) in [6.07, 6.45) is 0. The van der Waals surface area contributed by atoms with Crippen LogP contribution in [-0.4, -0.2) is 13.3 Å². The highest BCUT2D eigenvalue weighted by molar-refractivity contribution is 7.92. The van der Waals surface area contributed by atoms with E-state index in [1.165, 1.54) is 24.3 Å². The summed E-state index contributed by atoms with van der Waals surface area (Å²) < 4.78 is 27.9. The lowest BCUT2D eigenvalue weighted by Gasteiger charge is -2.19. The molecule has 1 N–H and O–H groups in total. The van der Waals surface area contributed by atoms with Crippen LogP contribution in [0.1, 0.15) is 27.8 Å². The van der Waals surface area contributed by atoms with Crippen molar-refractivity contribution in [3.63, 3.8) is 0 Å². The molecule has 0 atom stereocenters. The minimum atomic E-state index is -3.82. The van der Waals surface area contributed by atoms with E-state index in [9.17, 15) is 18.5 Å². The van der Waals surface area contributed by atoms with Crippen LogP contribution >= 0.6 is 0 Å². The highest BCUT2D eigenvalue weighted by atomic mass is 32.2. The predicted octanol–water partition coefficient (Wildman–Crippen LogP) is 3.94. The molecule has 0 aliphatic rings. The van der Waals surface area contributed by atoms with E-state index in [-0.39, 0.29) is 10.6 Å². The third kappa shape index (κ3) is 3.12. The van der Waals surface area contributed by atoms with Gasteiger partial charge in [0.1, 0.15) is 0 Å². The molecule has 0 saturated heterocycles. The first-order valence-corrected chi connectivity index (χ1v) is 8.88. The van der Waals surface area contributed by atoms with Crippen LogP contribution in [0.3, 0.4) is 0 Å². The molecule has 0 aromatic heterocycles. The first-order valence-electron chi connectivity index (χ1n) is 7.40. The SMILES string of the molecule is Cc1c(C)c(C)c(NS(=O)(=O)c2ccc([N+](=O)[O-])cc2)c(C)c1C. The second-order valence-corrected chi connectivity index (χ2v) is 7.54. The molecule has 2 aromatic rings. The fourth-order valence-corrected chi connectivity index (χ4v) is 3.78. The summed E-state index contributed by atoms with van der Waals surface area (Å²) in [5, 5.41) is 10.7. The minimum Gasteiger partial charge on any atom is -0.279 e. The Labute approximate surface area is 141 Å². The first kappa shape index (κ1) is 17.9. The quantitative estimate of drug-likeness (QED) is 0.669. The van der Waals surface area contributed by atoms with Crippen molar-refractivity contribution in [1.29, 1.82) is 0 Å². The third-order valence-electron chi connectivity index (χ3n) is 4.59. The molecule has 128 valence electrons. The van der Waals surface area contributed by atoms with Crippen LogP contribution < -0.4 is 4.72 Å². The number of nitrogens with zero attached hydrogens (tertiary/aromatic N) is 1. The number of rotatable bonds is 4. The summed E-state index contributed by atoms with van der Waals surface area (Å²) in [5.41, 5.74) is 5.39. The summed E-state index contributed by atoms with van der Waals surface area (Å²) in [6.45, 7) is 9.69. The minimum absolute atomic E-state index is 0.0113. The molecule has 2 rings (SSSR count). The van der Waals surface area contributed by atoms with Crippen molar-refractivity contribution in [3.8, 4) is 0 Å². The maximum atomic E-state index is 12.6. The van der Waals surface area contributed by atoms with E-state index in [1.54, 1.807) is 0 Å². The Balaban J connectivity index is 2.49. The molecule has 0 fully saturated rings. The van der Waals surface area contributed by atoms with E-state index in [1.807, 2.05) is 34.6 Å². The van der Waals surface area contributed by atoms with Crippen molar-refractivity contribution in [2.45, 2.75) is 39.5 Å². The molecule has 7 heteroatoms. The Morgan fingerprint density at radius 1 is 0.833 bits per heavy atom. The second kappa shape index (κ2) is 6.24. The maximum absolute atomic E-state index is 12.6. The molecular formula is C17H20N2O4S. The number of hydrogen-bond acceptors (Lipinski definition) is 4. The summed E-state index contributed by atoms with van der Waals surface area (Å²) >= 11 is 0. The average Bonchev–Trinajstić information content (AvgIpc) is 2.55. The van der Waals surface area contributed by atoms with E-state index in [0.29, 0.717) is 5.69 Å². The van der Waals surface area contributed by atoms with E-state index in [0.717, 1.165) is 27.8 Å². The summed E-state index contributed by atoms with van der Waals surface area (Å²) in [5.74, 6) is 0. The summed E-state index contributed by atoms with van der Waals surface area (Å²) in [6, 6.07) is 4.83. The lowest BCUT2D eigenvalue weighted by atomic mass is 9.93. The van der Waals surface area contributed by atoms with Gasteiger partial charge in [-0.05, 0) is 74.6 Å². The monoisotopic (exact) mass is 348 g/mol. The standard InChI is InChI=1S/C17H20N2O4S/c1-10-11(2)13(4)17(14(5)12(10)3)18-24(22,23)16-8-6-15(7-9-16)19(20)21/h6-9,18H,1-5H3. The average molecular weight is 348 g/mol. The van der Waals surface area contributed by atoms with Crippen molar-refractivity contribution in [2.24, 2.45) is 0 Å². The highest BCUT2D eigenvalue weighted by Crippen LogP contribution is 2.32. The van der Waals surface area contributed by atoms with Gasteiger partial charge in [0, 0.05) is 12.1 Å². The molecule has 0 unspecified atom stereocenters. The Morgan fingerprint density at radius 3 is 1.67 bits per heavy atom. The molecule has 0 bridgehead atoms. The third-order valence-corrected chi connectivity index (χ3v) is 5.96. The van der Waals surface area contributed by atoms with Crippen LogP contribution in [0.4, 0.5) is 11.4 Å². The van der Waals surface area contributed by atoms with Gasteiger partial charge in [0.05, 0.1) is 15.5 Å². The van der Waals surface area contributed by atoms with Crippen LogP contribution in [-0.2, 0) is 10.0 Å². The molecule has 0 aliphatic heterocycles. The molecule has 0 aliphatic carbocycles. The van der Waals surface area contributed by atoms with E-state index in [4.69, 9.17) is 0 Å². The molecule has 24 heavy (non-hydrogen) atoms. The van der Waals surface area contributed by atoms with Crippen LogP contribution in [0.5, 0.6) is 0 Å². The lowest BCUT2D eigenvalue weighted by Crippen LogP contribution is -2.16. The lowest BCUT2D eigenvalue weighted by molar-refractivity contribution is -0.384. The van der Waals surface area contributed by atoms with Crippen LogP contribution in [0, 0.1) is 44.7 Å². The van der Waals surface area contributed by atoms with Crippen LogP contribution in [0.25, 0.3) is 0 Å². The van der Waals surface area contributed by atoms with Crippen molar-refractivity contribution in [2.75, 3.05) is 4.72 Å². The Kier molecular flexibility index (Phi) is 4.66. The van der Waals surface area contributed by atoms with Gasteiger partial charge >= 0.3 is 0 Å². The molecule has 2 aromatic carbocycles. The van der Waals surface area contributed by atoms with Gasteiger partial charge in [-0.25, -0.2) is 8.42 Å². The number of benzene rings is 2. The molecule has 0 saturated carbocycles. The fraction of sp³-hybridized carbons (Fsp3) is 0.294. The van der Waals surface area contributed by atoms with Crippen LogP contribution in [0.2, 0.25) is 0 Å². The number of anilines is 1. The predicted molar refractivity (Wildman–Crippen MR) is 94.0 cm³/mol. The summed E-state index contributed by atoms with van der Waals surface area (Å²) in [4.78, 5) is 10.1. The number of sulfonamides is 1. The number of nitro benzene ring substituents is 1. The van der Waals surface area contributed by atoms with Gasteiger partial charge < -0.3 is 0 Å². The topological polar surface area (TPSA) is 89.3 Å². The van der Waals surface area contributed by atoms with Gasteiger partial charge in [-0.1, -0.05) is 0 Å². The zero-order valence-electron chi connectivity index (χ0n) is 14.3. The van der Waals surface area contributed by atoms with Crippen molar-refractivity contribution < 1.29 is 13.3 Å². The van der Waals surface area contributed by atoms with Gasteiger partial charge in [0.15, 0.2) is 0 Å². The molecule has 0 heterocycles. The summed E-state index contributed by atoms with van der Waals surface area (Å²) in [7, 11) is -3.82. The maximum Gasteiger partial charge on any atom is 0.269 e. The van der Waals surface area contributed by atoms with Gasteiger partial charge in [-0.15, -0.1) is 0 Å². The van der Waals surface area contributed by atoms with Gasteiger partial charge in [0.25, 0.3) is 15.7 Å². The molecule has 0 spiro atoms. The van der Waals surface area contributed by atoms with Gasteiger partial charge in [0.2, 0.25) is 0 Å². The van der Waals surface area contributed by atoms with E-state index >= 15 is 0 Å². The normalized spacial score (nSPS) is 11.4. The zero-order valence-corrected chi connectivity index (χ0v) is 15.1. The zero-order chi connectivity index (χ0) is 18.2. The number of nitrogens with one attached hydrogen (secondary N) is 1. The van der Waals surface area contributed by atoms with Gasteiger partial charge in [-0.3, -0.25) is 14.8 Å². The Morgan fingerprint density at radius 2 is 1.25 bits per heavy atom.